The first kappa shape index (κ1) is 13.7. The first-order valence-corrected chi connectivity index (χ1v) is 7.83. The van der Waals surface area contributed by atoms with Crippen LogP contribution in [0.4, 0.5) is 4.39 Å². The summed E-state index contributed by atoms with van der Waals surface area (Å²) in [5.41, 5.74) is 0.922. The highest BCUT2D eigenvalue weighted by atomic mass is 32.2. The molecule has 2 rings (SSSR count). The van der Waals surface area contributed by atoms with Gasteiger partial charge < -0.3 is 10.1 Å². The lowest BCUT2D eigenvalue weighted by atomic mass is 10.2. The Kier molecular flexibility index (Phi) is 5.32. The van der Waals surface area contributed by atoms with E-state index in [-0.39, 0.29) is 5.82 Å². The van der Waals surface area contributed by atoms with Crippen LogP contribution in [0.3, 0.4) is 0 Å². The van der Waals surface area contributed by atoms with Gasteiger partial charge in [0.05, 0.1) is 6.61 Å². The Morgan fingerprint density at radius 3 is 3.00 bits per heavy atom. The Morgan fingerprint density at radius 2 is 2.28 bits per heavy atom. The van der Waals surface area contributed by atoms with Crippen LogP contribution < -0.4 is 10.1 Å². The number of nitrogens with one attached hydrogen (secondary N) is 1. The summed E-state index contributed by atoms with van der Waals surface area (Å²) in [5, 5.41) is 3.39. The van der Waals surface area contributed by atoms with Gasteiger partial charge in [0, 0.05) is 18.2 Å². The number of rotatable bonds is 8. The van der Waals surface area contributed by atoms with Gasteiger partial charge in [0.15, 0.2) is 11.6 Å². The van der Waals surface area contributed by atoms with Crippen LogP contribution in [0, 0.1) is 5.82 Å². The molecule has 1 aromatic carbocycles. The Bertz CT molecular complexity index is 382. The monoisotopic (exact) mass is 269 g/mol. The fourth-order valence-electron chi connectivity index (χ4n) is 1.77. The zero-order valence-corrected chi connectivity index (χ0v) is 11.6. The number of hydrogen-bond acceptors (Lipinski definition) is 3. The second-order valence-electron chi connectivity index (χ2n) is 4.58. The molecule has 0 saturated heterocycles. The molecule has 100 valence electrons. The molecule has 1 saturated carbocycles. The summed E-state index contributed by atoms with van der Waals surface area (Å²) in [6, 6.07) is 5.76. The standard InChI is InChI=1S/C14H20FNOS/c1-18-9-3-8-17-14-11(4-2-5-13(14)15)10-16-12-6-7-12/h2,4-5,12,16H,3,6-10H2,1H3. The van der Waals surface area contributed by atoms with E-state index >= 15 is 0 Å². The van der Waals surface area contributed by atoms with Crippen molar-refractivity contribution < 1.29 is 9.13 Å². The summed E-state index contributed by atoms with van der Waals surface area (Å²) >= 11 is 1.78. The van der Waals surface area contributed by atoms with Gasteiger partial charge in [0.25, 0.3) is 0 Å². The topological polar surface area (TPSA) is 21.3 Å². The Balaban J connectivity index is 1.91. The van der Waals surface area contributed by atoms with Crippen molar-refractivity contribution >= 4 is 11.8 Å². The second kappa shape index (κ2) is 7.00. The minimum absolute atomic E-state index is 0.255. The average molecular weight is 269 g/mol. The predicted molar refractivity (Wildman–Crippen MR) is 74.8 cm³/mol. The molecule has 2 nitrogen and oxygen atoms in total. The van der Waals surface area contributed by atoms with Crippen molar-refractivity contribution in [3.05, 3.63) is 29.6 Å². The van der Waals surface area contributed by atoms with Crippen molar-refractivity contribution in [1.29, 1.82) is 0 Å². The maximum Gasteiger partial charge on any atom is 0.165 e. The molecule has 0 aromatic heterocycles. The van der Waals surface area contributed by atoms with Gasteiger partial charge in [-0.2, -0.15) is 11.8 Å². The van der Waals surface area contributed by atoms with Crippen LogP contribution in [0.1, 0.15) is 24.8 Å². The van der Waals surface area contributed by atoms with E-state index in [0.29, 0.717) is 24.9 Å². The number of thioether (sulfide) groups is 1. The number of benzene rings is 1. The number of halogens is 1. The molecular formula is C14H20FNOS. The van der Waals surface area contributed by atoms with E-state index in [1.54, 1.807) is 17.8 Å². The zero-order valence-electron chi connectivity index (χ0n) is 10.7. The highest BCUT2D eigenvalue weighted by Gasteiger charge is 2.21. The lowest BCUT2D eigenvalue weighted by Gasteiger charge is -2.12. The van der Waals surface area contributed by atoms with Gasteiger partial charge in [0.1, 0.15) is 0 Å². The van der Waals surface area contributed by atoms with Crippen LogP contribution in [-0.2, 0) is 6.54 Å². The van der Waals surface area contributed by atoms with E-state index in [2.05, 4.69) is 11.6 Å². The number of para-hydroxylation sites is 1. The molecule has 0 spiro atoms. The smallest absolute Gasteiger partial charge is 0.165 e. The second-order valence-corrected chi connectivity index (χ2v) is 5.56. The molecule has 0 unspecified atom stereocenters. The molecule has 1 fully saturated rings. The van der Waals surface area contributed by atoms with Crippen molar-refractivity contribution in [3.63, 3.8) is 0 Å². The third kappa shape index (κ3) is 4.18. The van der Waals surface area contributed by atoms with Crippen molar-refractivity contribution in [3.8, 4) is 5.75 Å². The van der Waals surface area contributed by atoms with Crippen LogP contribution in [0.15, 0.2) is 18.2 Å². The van der Waals surface area contributed by atoms with Gasteiger partial charge in [-0.3, -0.25) is 0 Å². The summed E-state index contributed by atoms with van der Waals surface area (Å²) in [6.45, 7) is 1.28. The van der Waals surface area contributed by atoms with Gasteiger partial charge in [-0.25, -0.2) is 4.39 Å². The number of hydrogen-bond donors (Lipinski definition) is 1. The Labute approximate surface area is 112 Å². The summed E-state index contributed by atoms with van der Waals surface area (Å²) in [7, 11) is 0. The summed E-state index contributed by atoms with van der Waals surface area (Å²) in [5.74, 6) is 1.21. The maximum absolute atomic E-state index is 13.7. The van der Waals surface area contributed by atoms with Gasteiger partial charge >= 0.3 is 0 Å². The lowest BCUT2D eigenvalue weighted by molar-refractivity contribution is 0.298. The first-order valence-electron chi connectivity index (χ1n) is 6.44. The average Bonchev–Trinajstić information content (AvgIpc) is 3.18. The lowest BCUT2D eigenvalue weighted by Crippen LogP contribution is -2.16. The first-order chi connectivity index (χ1) is 8.81. The van der Waals surface area contributed by atoms with Crippen molar-refractivity contribution in [2.24, 2.45) is 0 Å². The molecule has 0 amide bonds. The highest BCUT2D eigenvalue weighted by molar-refractivity contribution is 7.98. The van der Waals surface area contributed by atoms with Gasteiger partial charge in [-0.1, -0.05) is 12.1 Å². The van der Waals surface area contributed by atoms with Crippen LogP contribution in [0.2, 0.25) is 0 Å². The largest absolute Gasteiger partial charge is 0.490 e. The van der Waals surface area contributed by atoms with E-state index in [1.165, 1.54) is 18.9 Å². The molecule has 18 heavy (non-hydrogen) atoms. The molecule has 1 N–H and O–H groups in total. The molecule has 0 radical (unpaired) electrons. The fourth-order valence-corrected chi connectivity index (χ4v) is 2.18. The Hall–Kier alpha value is -0.740. The van der Waals surface area contributed by atoms with Gasteiger partial charge in [-0.05, 0) is 37.3 Å². The molecule has 4 heteroatoms. The summed E-state index contributed by atoms with van der Waals surface area (Å²) in [4.78, 5) is 0. The van der Waals surface area contributed by atoms with Crippen molar-refractivity contribution in [1.82, 2.24) is 5.32 Å². The zero-order chi connectivity index (χ0) is 12.8. The SMILES string of the molecule is CSCCCOc1c(F)cccc1CNC1CC1. The molecule has 0 aliphatic heterocycles. The molecule has 0 bridgehead atoms. The summed E-state index contributed by atoms with van der Waals surface area (Å²) < 4.78 is 19.3. The van der Waals surface area contributed by atoms with E-state index in [1.807, 2.05) is 6.07 Å². The van der Waals surface area contributed by atoms with Gasteiger partial charge in [-0.15, -0.1) is 0 Å². The van der Waals surface area contributed by atoms with Crippen LogP contribution in [-0.4, -0.2) is 24.7 Å². The van der Waals surface area contributed by atoms with Gasteiger partial charge in [0.2, 0.25) is 0 Å². The third-order valence-electron chi connectivity index (χ3n) is 2.95. The molecule has 1 aliphatic carbocycles. The normalized spacial score (nSPS) is 14.8. The van der Waals surface area contributed by atoms with E-state index in [4.69, 9.17) is 4.74 Å². The quantitative estimate of drug-likeness (QED) is 0.732. The third-order valence-corrected chi connectivity index (χ3v) is 3.64. The Morgan fingerprint density at radius 1 is 1.44 bits per heavy atom. The van der Waals surface area contributed by atoms with Crippen LogP contribution >= 0.6 is 11.8 Å². The van der Waals surface area contributed by atoms with E-state index in [0.717, 1.165) is 17.7 Å². The molecule has 1 aromatic rings. The van der Waals surface area contributed by atoms with Crippen molar-refractivity contribution in [2.75, 3.05) is 18.6 Å². The van der Waals surface area contributed by atoms with Crippen LogP contribution in [0.25, 0.3) is 0 Å². The highest BCUT2D eigenvalue weighted by Crippen LogP contribution is 2.25. The number of ether oxygens (including phenoxy) is 1. The molecule has 0 atom stereocenters. The van der Waals surface area contributed by atoms with Crippen LogP contribution in [0.5, 0.6) is 5.75 Å². The van der Waals surface area contributed by atoms with Crippen molar-refractivity contribution in [2.45, 2.75) is 31.8 Å². The fraction of sp³-hybridized carbons (Fsp3) is 0.571. The summed E-state index contributed by atoms with van der Waals surface area (Å²) in [6.07, 6.45) is 5.48. The van der Waals surface area contributed by atoms with E-state index < -0.39 is 0 Å². The molecule has 1 aliphatic rings. The predicted octanol–water partition coefficient (Wildman–Crippen LogP) is 3.21. The molecule has 0 heterocycles. The molecular weight excluding hydrogens is 249 g/mol. The van der Waals surface area contributed by atoms with E-state index in [9.17, 15) is 4.39 Å². The minimum Gasteiger partial charge on any atom is -0.490 e. The minimum atomic E-state index is -0.255. The maximum atomic E-state index is 13.7.